The van der Waals surface area contributed by atoms with Crippen LogP contribution in [0.5, 0.6) is 0 Å². The summed E-state index contributed by atoms with van der Waals surface area (Å²) in [5.74, 6) is 0.853. The molecule has 102 valence electrons. The van der Waals surface area contributed by atoms with Crippen molar-refractivity contribution in [3.05, 3.63) is 34.7 Å². The summed E-state index contributed by atoms with van der Waals surface area (Å²) in [4.78, 5) is 15.2. The standard InChI is InChI=1S/C16H22N2O/c1-2-12-6-5-7-13(11-10-12)18-15-9-4-3-8-14(15)17-16(18)19/h3-4,8-9,12-13H,2,5-7,10-11H2,1H3,(H,17,19). The van der Waals surface area contributed by atoms with Crippen LogP contribution in [0, 0.1) is 5.92 Å². The zero-order valence-corrected chi connectivity index (χ0v) is 11.6. The van der Waals surface area contributed by atoms with Crippen LogP contribution in [-0.2, 0) is 0 Å². The van der Waals surface area contributed by atoms with Gasteiger partial charge in [0.2, 0.25) is 0 Å². The molecule has 19 heavy (non-hydrogen) atoms. The lowest BCUT2D eigenvalue weighted by atomic mass is 9.98. The van der Waals surface area contributed by atoms with Gasteiger partial charge in [0.05, 0.1) is 11.0 Å². The first-order chi connectivity index (χ1) is 9.29. The van der Waals surface area contributed by atoms with Crippen molar-refractivity contribution < 1.29 is 0 Å². The Bertz CT molecular complexity index is 610. The van der Waals surface area contributed by atoms with Crippen LogP contribution in [-0.4, -0.2) is 9.55 Å². The summed E-state index contributed by atoms with van der Waals surface area (Å²) in [6.07, 6.45) is 7.38. The maximum Gasteiger partial charge on any atom is 0.326 e. The van der Waals surface area contributed by atoms with E-state index in [-0.39, 0.29) is 5.69 Å². The number of imidazole rings is 1. The lowest BCUT2D eigenvalue weighted by molar-refractivity contribution is 0.415. The molecule has 0 amide bonds. The fourth-order valence-electron chi connectivity index (χ4n) is 3.46. The number of H-pyrrole nitrogens is 1. The smallest absolute Gasteiger partial charge is 0.306 e. The monoisotopic (exact) mass is 258 g/mol. The zero-order chi connectivity index (χ0) is 13.2. The summed E-state index contributed by atoms with van der Waals surface area (Å²) in [7, 11) is 0. The quantitative estimate of drug-likeness (QED) is 0.816. The van der Waals surface area contributed by atoms with Crippen LogP contribution in [0.25, 0.3) is 11.0 Å². The molecular weight excluding hydrogens is 236 g/mol. The van der Waals surface area contributed by atoms with Crippen molar-refractivity contribution in [2.45, 2.75) is 51.5 Å². The van der Waals surface area contributed by atoms with Crippen molar-refractivity contribution in [1.29, 1.82) is 0 Å². The van der Waals surface area contributed by atoms with Crippen LogP contribution in [0.3, 0.4) is 0 Å². The van der Waals surface area contributed by atoms with Crippen molar-refractivity contribution in [3.63, 3.8) is 0 Å². The Morgan fingerprint density at radius 2 is 2.05 bits per heavy atom. The SMILES string of the molecule is CCC1CCCC(n2c(=O)[nH]c3ccccc32)CC1. The first kappa shape index (κ1) is 12.5. The minimum absolute atomic E-state index is 0.0566. The van der Waals surface area contributed by atoms with Crippen LogP contribution >= 0.6 is 0 Å². The Labute approximate surface area is 113 Å². The molecule has 1 saturated carbocycles. The minimum Gasteiger partial charge on any atom is -0.306 e. The van der Waals surface area contributed by atoms with Crippen molar-refractivity contribution in [3.8, 4) is 0 Å². The molecule has 3 rings (SSSR count). The molecule has 1 aliphatic carbocycles. The predicted octanol–water partition coefficient (Wildman–Crippen LogP) is 3.86. The van der Waals surface area contributed by atoms with Crippen LogP contribution in [0.15, 0.2) is 29.1 Å². The summed E-state index contributed by atoms with van der Waals surface area (Å²) >= 11 is 0. The molecule has 0 spiro atoms. The van der Waals surface area contributed by atoms with Gasteiger partial charge in [-0.25, -0.2) is 4.79 Å². The largest absolute Gasteiger partial charge is 0.326 e. The highest BCUT2D eigenvalue weighted by Gasteiger charge is 2.21. The molecule has 1 fully saturated rings. The van der Waals surface area contributed by atoms with Crippen molar-refractivity contribution in [1.82, 2.24) is 9.55 Å². The molecule has 2 unspecified atom stereocenters. The van der Waals surface area contributed by atoms with E-state index in [1.165, 1.54) is 25.7 Å². The lowest BCUT2D eigenvalue weighted by Gasteiger charge is -2.16. The van der Waals surface area contributed by atoms with Crippen molar-refractivity contribution in [2.24, 2.45) is 5.92 Å². The van der Waals surface area contributed by atoms with E-state index in [9.17, 15) is 4.79 Å². The van der Waals surface area contributed by atoms with E-state index in [2.05, 4.69) is 18.0 Å². The molecule has 1 aromatic heterocycles. The Morgan fingerprint density at radius 3 is 2.89 bits per heavy atom. The van der Waals surface area contributed by atoms with E-state index in [1.54, 1.807) is 0 Å². The molecular formula is C16H22N2O. The second-order valence-electron chi connectivity index (χ2n) is 5.75. The molecule has 2 atom stereocenters. The molecule has 1 N–H and O–H groups in total. The summed E-state index contributed by atoms with van der Waals surface area (Å²) in [5, 5.41) is 0. The molecule has 3 nitrogen and oxygen atoms in total. The second kappa shape index (κ2) is 5.24. The van der Waals surface area contributed by atoms with Gasteiger partial charge in [-0.1, -0.05) is 38.3 Å². The van der Waals surface area contributed by atoms with Crippen LogP contribution < -0.4 is 5.69 Å². The topological polar surface area (TPSA) is 37.8 Å². The van der Waals surface area contributed by atoms with E-state index in [1.807, 2.05) is 22.8 Å². The summed E-state index contributed by atoms with van der Waals surface area (Å²) in [6.45, 7) is 2.28. The third kappa shape index (κ3) is 2.34. The molecule has 0 radical (unpaired) electrons. The Morgan fingerprint density at radius 1 is 1.21 bits per heavy atom. The van der Waals surface area contributed by atoms with Gasteiger partial charge in [0.15, 0.2) is 0 Å². The normalized spacial score (nSPS) is 24.5. The van der Waals surface area contributed by atoms with Gasteiger partial charge in [0, 0.05) is 6.04 Å². The average molecular weight is 258 g/mol. The highest BCUT2D eigenvalue weighted by atomic mass is 16.1. The molecule has 1 aromatic carbocycles. The van der Waals surface area contributed by atoms with Gasteiger partial charge in [-0.05, 0) is 37.3 Å². The van der Waals surface area contributed by atoms with Gasteiger partial charge in [-0.15, -0.1) is 0 Å². The van der Waals surface area contributed by atoms with Crippen LogP contribution in [0.2, 0.25) is 0 Å². The van der Waals surface area contributed by atoms with Crippen molar-refractivity contribution in [2.75, 3.05) is 0 Å². The second-order valence-corrected chi connectivity index (χ2v) is 5.75. The fraction of sp³-hybridized carbons (Fsp3) is 0.562. The van der Waals surface area contributed by atoms with Gasteiger partial charge in [-0.3, -0.25) is 4.57 Å². The number of nitrogens with one attached hydrogen (secondary N) is 1. The van der Waals surface area contributed by atoms with E-state index >= 15 is 0 Å². The molecule has 1 aliphatic rings. The average Bonchev–Trinajstić information content (AvgIpc) is 2.61. The lowest BCUT2D eigenvalue weighted by Crippen LogP contribution is -2.22. The highest BCUT2D eigenvalue weighted by molar-refractivity contribution is 5.75. The van der Waals surface area contributed by atoms with E-state index in [0.29, 0.717) is 6.04 Å². The zero-order valence-electron chi connectivity index (χ0n) is 11.6. The Kier molecular flexibility index (Phi) is 3.45. The molecule has 1 heterocycles. The van der Waals surface area contributed by atoms with Gasteiger partial charge < -0.3 is 4.98 Å². The summed E-state index contributed by atoms with van der Waals surface area (Å²) in [6, 6.07) is 8.40. The maximum atomic E-state index is 12.2. The van der Waals surface area contributed by atoms with Gasteiger partial charge >= 0.3 is 5.69 Å². The highest BCUT2D eigenvalue weighted by Crippen LogP contribution is 2.32. The molecule has 0 aliphatic heterocycles. The number of para-hydroxylation sites is 2. The number of aromatic amines is 1. The number of hydrogen-bond acceptors (Lipinski definition) is 1. The van der Waals surface area contributed by atoms with E-state index in [0.717, 1.165) is 29.8 Å². The van der Waals surface area contributed by atoms with Gasteiger partial charge in [0.1, 0.15) is 0 Å². The van der Waals surface area contributed by atoms with Gasteiger partial charge in [0.25, 0.3) is 0 Å². The predicted molar refractivity (Wildman–Crippen MR) is 78.5 cm³/mol. The first-order valence-electron chi connectivity index (χ1n) is 7.49. The Balaban J connectivity index is 1.95. The van der Waals surface area contributed by atoms with Gasteiger partial charge in [-0.2, -0.15) is 0 Å². The summed E-state index contributed by atoms with van der Waals surface area (Å²) < 4.78 is 1.99. The number of fused-ring (bicyclic) bond motifs is 1. The molecule has 3 heteroatoms. The van der Waals surface area contributed by atoms with Crippen molar-refractivity contribution >= 4 is 11.0 Å². The fourth-order valence-corrected chi connectivity index (χ4v) is 3.46. The third-order valence-corrected chi connectivity index (χ3v) is 4.62. The Hall–Kier alpha value is -1.51. The number of nitrogens with zero attached hydrogens (tertiary/aromatic N) is 1. The van der Waals surface area contributed by atoms with Crippen LogP contribution in [0.4, 0.5) is 0 Å². The number of aromatic nitrogens is 2. The number of benzene rings is 1. The minimum atomic E-state index is 0.0566. The first-order valence-corrected chi connectivity index (χ1v) is 7.49. The molecule has 0 bridgehead atoms. The molecule has 0 saturated heterocycles. The van der Waals surface area contributed by atoms with Crippen LogP contribution in [0.1, 0.15) is 51.5 Å². The van der Waals surface area contributed by atoms with E-state index < -0.39 is 0 Å². The maximum absolute atomic E-state index is 12.2. The number of hydrogen-bond donors (Lipinski definition) is 1. The van der Waals surface area contributed by atoms with E-state index in [4.69, 9.17) is 0 Å². The summed E-state index contributed by atoms with van der Waals surface area (Å²) in [5.41, 5.74) is 2.08. The number of rotatable bonds is 2. The molecule has 2 aromatic rings. The third-order valence-electron chi connectivity index (χ3n) is 4.62.